The van der Waals surface area contributed by atoms with E-state index in [1.807, 2.05) is 42.2 Å². The highest BCUT2D eigenvalue weighted by atomic mass is 35.5. The van der Waals surface area contributed by atoms with Crippen molar-refractivity contribution in [3.05, 3.63) is 63.0 Å². The monoisotopic (exact) mass is 460 g/mol. The van der Waals surface area contributed by atoms with Crippen LogP contribution in [-0.4, -0.2) is 46.0 Å². The van der Waals surface area contributed by atoms with Crippen LogP contribution in [0, 0.1) is 0 Å². The number of imidazole rings is 1. The van der Waals surface area contributed by atoms with Crippen LogP contribution in [0.1, 0.15) is 26.2 Å². The molecule has 31 heavy (non-hydrogen) atoms. The van der Waals surface area contributed by atoms with Gasteiger partial charge in [0.15, 0.2) is 0 Å². The molecule has 164 valence electrons. The third-order valence-electron chi connectivity index (χ3n) is 6.00. The van der Waals surface area contributed by atoms with Crippen LogP contribution in [0.15, 0.2) is 47.3 Å². The molecule has 1 N–H and O–H groups in total. The molecule has 0 radical (unpaired) electrons. The quantitative estimate of drug-likeness (QED) is 0.586. The highest BCUT2D eigenvalue weighted by Gasteiger charge is 2.28. The number of carbonyl (C=O) groups excluding carboxylic acids is 1. The number of hydrogen-bond acceptors (Lipinski definition) is 3. The molecule has 1 fully saturated rings. The van der Waals surface area contributed by atoms with Crippen LogP contribution < -0.4 is 10.6 Å². The fraction of sp³-hybridized carbons (Fsp3) is 0.391. The van der Waals surface area contributed by atoms with Crippen LogP contribution in [0.3, 0.4) is 0 Å². The van der Waals surface area contributed by atoms with E-state index in [9.17, 15) is 9.59 Å². The van der Waals surface area contributed by atoms with Gasteiger partial charge in [0.05, 0.1) is 21.1 Å². The van der Waals surface area contributed by atoms with Crippen molar-refractivity contribution in [1.82, 2.24) is 14.5 Å². The summed E-state index contributed by atoms with van der Waals surface area (Å²) in [4.78, 5) is 32.2. The molecule has 2 aromatic carbocycles. The zero-order chi connectivity index (χ0) is 22.0. The highest BCUT2D eigenvalue weighted by Crippen LogP contribution is 2.31. The van der Waals surface area contributed by atoms with Gasteiger partial charge in [-0.15, -0.1) is 0 Å². The second kappa shape index (κ2) is 9.47. The summed E-state index contributed by atoms with van der Waals surface area (Å²) in [7, 11) is 0. The van der Waals surface area contributed by atoms with E-state index < -0.39 is 0 Å². The van der Waals surface area contributed by atoms with Gasteiger partial charge in [0.1, 0.15) is 0 Å². The van der Waals surface area contributed by atoms with E-state index in [2.05, 4.69) is 9.88 Å². The lowest BCUT2D eigenvalue weighted by Gasteiger charge is -2.38. The number of nitrogens with one attached hydrogen (secondary N) is 1. The van der Waals surface area contributed by atoms with Gasteiger partial charge in [-0.3, -0.25) is 9.36 Å². The molecule has 0 spiro atoms. The van der Waals surface area contributed by atoms with E-state index in [0.717, 1.165) is 49.2 Å². The average molecular weight is 461 g/mol. The van der Waals surface area contributed by atoms with Crippen molar-refractivity contribution in [3.63, 3.8) is 0 Å². The van der Waals surface area contributed by atoms with Crippen molar-refractivity contribution in [2.75, 3.05) is 24.5 Å². The zero-order valence-electron chi connectivity index (χ0n) is 17.5. The number of H-pyrrole nitrogens is 1. The number of benzene rings is 2. The Bertz CT molecular complexity index is 1130. The minimum atomic E-state index is -0.0737. The molecule has 6 nitrogen and oxygen atoms in total. The van der Waals surface area contributed by atoms with E-state index in [1.165, 1.54) is 0 Å². The number of aromatic nitrogens is 2. The molecule has 2 heterocycles. The number of carbonyl (C=O) groups is 1. The number of halogens is 2. The molecule has 0 saturated carbocycles. The van der Waals surface area contributed by atoms with Crippen molar-refractivity contribution in [2.24, 2.45) is 0 Å². The minimum absolute atomic E-state index is 0.0737. The maximum atomic E-state index is 12.7. The van der Waals surface area contributed by atoms with Gasteiger partial charge in [0.25, 0.3) is 0 Å². The van der Waals surface area contributed by atoms with Gasteiger partial charge in [-0.2, -0.15) is 0 Å². The molecule has 1 aromatic heterocycles. The molecule has 0 unspecified atom stereocenters. The number of amides is 1. The summed E-state index contributed by atoms with van der Waals surface area (Å²) in [6.45, 7) is 5.05. The summed E-state index contributed by atoms with van der Waals surface area (Å²) < 4.78 is 1.80. The summed E-state index contributed by atoms with van der Waals surface area (Å²) in [6, 6.07) is 13.2. The van der Waals surface area contributed by atoms with Crippen LogP contribution in [-0.2, 0) is 11.3 Å². The van der Waals surface area contributed by atoms with Crippen LogP contribution in [0.2, 0.25) is 10.0 Å². The van der Waals surface area contributed by atoms with Crippen LogP contribution in [0.25, 0.3) is 11.0 Å². The molecule has 1 amide bonds. The Morgan fingerprint density at radius 2 is 1.84 bits per heavy atom. The lowest BCUT2D eigenvalue weighted by atomic mass is 10.0. The van der Waals surface area contributed by atoms with Gasteiger partial charge in [0, 0.05) is 44.3 Å². The van der Waals surface area contributed by atoms with Gasteiger partial charge >= 0.3 is 5.69 Å². The third kappa shape index (κ3) is 4.66. The number of piperidine rings is 1. The molecule has 1 saturated heterocycles. The van der Waals surface area contributed by atoms with Crippen molar-refractivity contribution in [1.29, 1.82) is 0 Å². The van der Waals surface area contributed by atoms with Gasteiger partial charge in [-0.05, 0) is 43.2 Å². The first-order valence-electron chi connectivity index (χ1n) is 10.6. The summed E-state index contributed by atoms with van der Waals surface area (Å²) in [5, 5.41) is 0.936. The Morgan fingerprint density at radius 3 is 2.55 bits per heavy atom. The first kappa shape index (κ1) is 21.9. The normalized spacial score (nSPS) is 15.5. The summed E-state index contributed by atoms with van der Waals surface area (Å²) in [6.07, 6.45) is 2.17. The molecule has 3 aromatic rings. The number of likely N-dealkylation sites (tertiary alicyclic amines) is 1. The summed E-state index contributed by atoms with van der Waals surface area (Å²) in [5.74, 6) is 0.0854. The predicted octanol–water partition coefficient (Wildman–Crippen LogP) is 4.54. The number of rotatable bonds is 6. The molecule has 0 aliphatic carbocycles. The van der Waals surface area contributed by atoms with E-state index in [4.69, 9.17) is 23.2 Å². The van der Waals surface area contributed by atoms with Crippen molar-refractivity contribution < 1.29 is 4.79 Å². The van der Waals surface area contributed by atoms with Gasteiger partial charge in [0.2, 0.25) is 5.91 Å². The zero-order valence-corrected chi connectivity index (χ0v) is 19.0. The Morgan fingerprint density at radius 1 is 1.10 bits per heavy atom. The molecule has 0 atom stereocenters. The predicted molar refractivity (Wildman–Crippen MR) is 126 cm³/mol. The Kier molecular flexibility index (Phi) is 6.70. The van der Waals surface area contributed by atoms with E-state index >= 15 is 0 Å². The van der Waals surface area contributed by atoms with Gasteiger partial charge in [-0.1, -0.05) is 42.3 Å². The molecule has 0 bridgehead atoms. The fourth-order valence-electron chi connectivity index (χ4n) is 4.34. The number of anilines is 1. The van der Waals surface area contributed by atoms with Crippen LogP contribution in [0.5, 0.6) is 0 Å². The second-order valence-corrected chi connectivity index (χ2v) is 8.70. The molecular formula is C23H26Cl2N4O2. The molecule has 4 rings (SSSR count). The SMILES string of the molecule is CCC(=O)N(c1ccc(Cl)c(Cl)c1)C1CCN(CCn2c(=O)[nH]c3ccccc32)CC1. The van der Waals surface area contributed by atoms with Crippen molar-refractivity contribution in [3.8, 4) is 0 Å². The second-order valence-electron chi connectivity index (χ2n) is 7.89. The lowest BCUT2D eigenvalue weighted by molar-refractivity contribution is -0.119. The number of para-hydroxylation sites is 2. The number of nitrogens with zero attached hydrogens (tertiary/aromatic N) is 3. The first-order chi connectivity index (χ1) is 15.0. The fourth-order valence-corrected chi connectivity index (χ4v) is 4.63. The Hall–Kier alpha value is -2.28. The molecule has 1 aliphatic rings. The number of aromatic amines is 1. The van der Waals surface area contributed by atoms with Gasteiger partial charge in [-0.25, -0.2) is 4.79 Å². The largest absolute Gasteiger partial charge is 0.326 e. The average Bonchev–Trinajstić information content (AvgIpc) is 3.10. The van der Waals surface area contributed by atoms with E-state index in [0.29, 0.717) is 23.0 Å². The molecule has 1 aliphatic heterocycles. The maximum absolute atomic E-state index is 12.7. The van der Waals surface area contributed by atoms with Crippen LogP contribution in [0.4, 0.5) is 5.69 Å². The third-order valence-corrected chi connectivity index (χ3v) is 6.74. The van der Waals surface area contributed by atoms with Crippen LogP contribution >= 0.6 is 23.2 Å². The van der Waals surface area contributed by atoms with Gasteiger partial charge < -0.3 is 14.8 Å². The van der Waals surface area contributed by atoms with Crippen molar-refractivity contribution >= 4 is 45.8 Å². The summed E-state index contributed by atoms with van der Waals surface area (Å²) >= 11 is 12.3. The number of hydrogen-bond donors (Lipinski definition) is 1. The Labute approximate surface area is 191 Å². The highest BCUT2D eigenvalue weighted by molar-refractivity contribution is 6.42. The summed E-state index contributed by atoms with van der Waals surface area (Å²) in [5.41, 5.74) is 2.52. The Balaban J connectivity index is 1.41. The van der Waals surface area contributed by atoms with E-state index in [-0.39, 0.29) is 17.6 Å². The first-order valence-corrected chi connectivity index (χ1v) is 11.4. The number of fused-ring (bicyclic) bond motifs is 1. The lowest BCUT2D eigenvalue weighted by Crippen LogP contribution is -2.48. The van der Waals surface area contributed by atoms with Crippen molar-refractivity contribution in [2.45, 2.75) is 38.8 Å². The molecule has 8 heteroatoms. The maximum Gasteiger partial charge on any atom is 0.326 e. The smallest absolute Gasteiger partial charge is 0.309 e. The van der Waals surface area contributed by atoms with E-state index in [1.54, 1.807) is 16.7 Å². The standard InChI is InChI=1S/C23H26Cl2N4O2/c1-2-22(30)29(17-7-8-18(24)19(25)15-17)16-9-11-27(12-10-16)13-14-28-21-6-4-3-5-20(21)26-23(28)31/h3-8,15-16H,2,9-14H2,1H3,(H,26,31). The topological polar surface area (TPSA) is 61.3 Å². The minimum Gasteiger partial charge on any atom is -0.309 e. The molecular weight excluding hydrogens is 435 g/mol.